The van der Waals surface area contributed by atoms with Crippen molar-refractivity contribution in [2.45, 2.75) is 76.2 Å². The molecule has 2 bridgehead atoms. The maximum Gasteiger partial charge on any atom is 0.245 e. The second-order valence-corrected chi connectivity index (χ2v) is 11.3. The number of fused-ring (bicyclic) bond motifs is 1. The maximum atomic E-state index is 14.5. The minimum Gasteiger partial charge on any atom is -0.494 e. The highest BCUT2D eigenvalue weighted by Gasteiger charge is 2.79. The summed E-state index contributed by atoms with van der Waals surface area (Å²) in [6.45, 7) is 6.57. The first-order valence-corrected chi connectivity index (χ1v) is 14.8. The quantitative estimate of drug-likeness (QED) is 0.338. The Labute approximate surface area is 241 Å². The van der Waals surface area contributed by atoms with Crippen molar-refractivity contribution in [3.05, 3.63) is 60.2 Å². The number of anilines is 1. The zero-order valence-electron chi connectivity index (χ0n) is 24.1. The second-order valence-electron chi connectivity index (χ2n) is 11.3. The van der Waals surface area contributed by atoms with Gasteiger partial charge in [0.1, 0.15) is 17.4 Å². The standard InChI is InChI=1S/C32H41N3O6/c1-4-7-19-33-29(38)27-32-18-17-31(5-2,41-32)25(28(37)34-22-13-15-23(16-14-22)40-6-3)26(32)30(39)35(27)24(20-36)21-11-9-8-10-12-21/h8-16,24-27,36H,4-7,17-20H2,1-3H3,(H,33,38)(H,34,37)/t24-,25+,26+,27?,31-,32?/m1/s1. The molecule has 2 unspecified atom stereocenters. The van der Waals surface area contributed by atoms with E-state index < -0.39 is 35.1 Å². The highest BCUT2D eigenvalue weighted by Crippen LogP contribution is 2.65. The lowest BCUT2D eigenvalue weighted by molar-refractivity contribution is -0.150. The van der Waals surface area contributed by atoms with Crippen molar-refractivity contribution < 1.29 is 29.0 Å². The number of benzene rings is 2. The van der Waals surface area contributed by atoms with Gasteiger partial charge in [-0.05, 0) is 62.4 Å². The molecule has 3 aliphatic heterocycles. The third-order valence-electron chi connectivity index (χ3n) is 9.11. The fourth-order valence-corrected chi connectivity index (χ4v) is 7.23. The van der Waals surface area contributed by atoms with Crippen molar-refractivity contribution in [3.8, 4) is 5.75 Å². The van der Waals surface area contributed by atoms with Crippen LogP contribution in [0.3, 0.4) is 0 Å². The van der Waals surface area contributed by atoms with Gasteiger partial charge >= 0.3 is 0 Å². The van der Waals surface area contributed by atoms with Crippen LogP contribution in [-0.4, -0.2) is 64.7 Å². The molecule has 41 heavy (non-hydrogen) atoms. The van der Waals surface area contributed by atoms with Gasteiger partial charge in [-0.2, -0.15) is 0 Å². The molecular formula is C32H41N3O6. The lowest BCUT2D eigenvalue weighted by atomic mass is 9.65. The Balaban J connectivity index is 1.53. The molecule has 0 saturated carbocycles. The van der Waals surface area contributed by atoms with Crippen LogP contribution in [0.5, 0.6) is 5.75 Å². The Kier molecular flexibility index (Phi) is 8.38. The van der Waals surface area contributed by atoms with Crippen LogP contribution in [0.25, 0.3) is 0 Å². The van der Waals surface area contributed by atoms with Crippen molar-refractivity contribution in [1.82, 2.24) is 10.2 Å². The number of carbonyl (C=O) groups is 3. The minimum absolute atomic E-state index is 0.303. The number of hydrogen-bond acceptors (Lipinski definition) is 6. The van der Waals surface area contributed by atoms with Gasteiger partial charge in [-0.1, -0.05) is 50.6 Å². The minimum atomic E-state index is -1.16. The number of unbranched alkanes of at least 4 members (excludes halogenated alkanes) is 1. The summed E-state index contributed by atoms with van der Waals surface area (Å²) in [6, 6.07) is 14.6. The topological polar surface area (TPSA) is 117 Å². The molecule has 0 aromatic heterocycles. The second kappa shape index (κ2) is 11.8. The number of nitrogens with one attached hydrogen (secondary N) is 2. The van der Waals surface area contributed by atoms with Gasteiger partial charge in [-0.15, -0.1) is 0 Å². The number of carbonyl (C=O) groups excluding carboxylic acids is 3. The Morgan fingerprint density at radius 3 is 2.44 bits per heavy atom. The van der Waals surface area contributed by atoms with E-state index in [9.17, 15) is 19.5 Å². The SMILES string of the molecule is CCCCNC(=O)C1N([C@H](CO)c2ccccc2)C(=O)[C@@H]2[C@@H](C(=O)Nc3ccc(OCC)cc3)[C@@]3(CC)CCC12O3. The van der Waals surface area contributed by atoms with Crippen molar-refractivity contribution >= 4 is 23.4 Å². The molecule has 0 aliphatic carbocycles. The van der Waals surface area contributed by atoms with Crippen molar-refractivity contribution in [3.63, 3.8) is 0 Å². The molecule has 3 amide bonds. The summed E-state index contributed by atoms with van der Waals surface area (Å²) in [5.41, 5.74) is -0.700. The molecule has 3 aliphatic rings. The number of amides is 3. The molecule has 2 aromatic carbocycles. The van der Waals surface area contributed by atoms with E-state index in [-0.39, 0.29) is 24.3 Å². The predicted molar refractivity (Wildman–Crippen MR) is 154 cm³/mol. The molecule has 0 radical (unpaired) electrons. The summed E-state index contributed by atoms with van der Waals surface area (Å²) in [6.07, 6.45) is 3.30. The molecule has 1 spiro atoms. The first-order valence-electron chi connectivity index (χ1n) is 14.8. The average Bonchev–Trinajstić information content (AvgIpc) is 3.59. The fourth-order valence-electron chi connectivity index (χ4n) is 7.23. The van der Waals surface area contributed by atoms with Crippen LogP contribution in [0, 0.1) is 11.8 Å². The normalized spacial score (nSPS) is 28.8. The smallest absolute Gasteiger partial charge is 0.245 e. The van der Waals surface area contributed by atoms with Gasteiger partial charge in [-0.25, -0.2) is 0 Å². The summed E-state index contributed by atoms with van der Waals surface area (Å²) in [5, 5.41) is 16.6. The van der Waals surface area contributed by atoms with E-state index in [1.807, 2.05) is 51.1 Å². The molecule has 2 aromatic rings. The molecule has 3 saturated heterocycles. The summed E-state index contributed by atoms with van der Waals surface area (Å²) in [7, 11) is 0. The lowest BCUT2D eigenvalue weighted by Gasteiger charge is -2.37. The maximum absolute atomic E-state index is 14.5. The Hall–Kier alpha value is -3.43. The predicted octanol–water partition coefficient (Wildman–Crippen LogP) is 3.83. The van der Waals surface area contributed by atoms with Gasteiger partial charge < -0.3 is 30.1 Å². The number of nitrogens with zero attached hydrogens (tertiary/aromatic N) is 1. The van der Waals surface area contributed by atoms with Gasteiger partial charge in [0.15, 0.2) is 0 Å². The van der Waals surface area contributed by atoms with E-state index in [1.165, 1.54) is 4.90 Å². The molecule has 3 heterocycles. The van der Waals surface area contributed by atoms with Crippen LogP contribution in [0.4, 0.5) is 5.69 Å². The third-order valence-corrected chi connectivity index (χ3v) is 9.11. The van der Waals surface area contributed by atoms with Crippen LogP contribution >= 0.6 is 0 Å². The molecular weight excluding hydrogens is 522 g/mol. The molecule has 3 N–H and O–H groups in total. The largest absolute Gasteiger partial charge is 0.494 e. The van der Waals surface area contributed by atoms with E-state index in [4.69, 9.17) is 9.47 Å². The van der Waals surface area contributed by atoms with Gasteiger partial charge in [0.25, 0.3) is 0 Å². The molecule has 9 nitrogen and oxygen atoms in total. The Bertz CT molecular complexity index is 1250. The Morgan fingerprint density at radius 1 is 1.07 bits per heavy atom. The number of aliphatic hydroxyl groups is 1. The van der Waals surface area contributed by atoms with Crippen LogP contribution in [-0.2, 0) is 19.1 Å². The summed E-state index contributed by atoms with van der Waals surface area (Å²) in [5.74, 6) is -1.87. The first-order chi connectivity index (χ1) is 19.9. The highest BCUT2D eigenvalue weighted by atomic mass is 16.5. The number of hydrogen-bond donors (Lipinski definition) is 3. The zero-order chi connectivity index (χ0) is 29.2. The molecule has 9 heteroatoms. The van der Waals surface area contributed by atoms with Crippen LogP contribution in [0.1, 0.15) is 64.5 Å². The van der Waals surface area contributed by atoms with E-state index in [2.05, 4.69) is 10.6 Å². The summed E-state index contributed by atoms with van der Waals surface area (Å²) >= 11 is 0. The Morgan fingerprint density at radius 2 is 1.80 bits per heavy atom. The van der Waals surface area contributed by atoms with E-state index in [1.54, 1.807) is 24.3 Å². The first kappa shape index (κ1) is 29.1. The van der Waals surface area contributed by atoms with E-state index in [0.717, 1.165) is 18.4 Å². The lowest BCUT2D eigenvalue weighted by Crippen LogP contribution is -2.56. The number of rotatable bonds is 12. The number of aliphatic hydroxyl groups excluding tert-OH is 1. The summed E-state index contributed by atoms with van der Waals surface area (Å²) < 4.78 is 12.3. The van der Waals surface area contributed by atoms with Gasteiger partial charge in [0, 0.05) is 12.2 Å². The van der Waals surface area contributed by atoms with E-state index in [0.29, 0.717) is 43.9 Å². The molecule has 5 rings (SSSR count). The molecule has 220 valence electrons. The average molecular weight is 564 g/mol. The van der Waals surface area contributed by atoms with Crippen molar-refractivity contribution in [2.75, 3.05) is 25.1 Å². The van der Waals surface area contributed by atoms with Gasteiger partial charge in [-0.3, -0.25) is 14.4 Å². The van der Waals surface area contributed by atoms with Gasteiger partial charge in [0.2, 0.25) is 17.7 Å². The van der Waals surface area contributed by atoms with Crippen molar-refractivity contribution in [2.24, 2.45) is 11.8 Å². The molecule has 6 atom stereocenters. The zero-order valence-corrected chi connectivity index (χ0v) is 24.1. The monoisotopic (exact) mass is 563 g/mol. The number of ether oxygens (including phenoxy) is 2. The third kappa shape index (κ3) is 4.89. The fraction of sp³-hybridized carbons (Fsp3) is 0.531. The van der Waals surface area contributed by atoms with Crippen LogP contribution in [0.15, 0.2) is 54.6 Å². The van der Waals surface area contributed by atoms with Gasteiger partial charge in [0.05, 0.1) is 36.7 Å². The summed E-state index contributed by atoms with van der Waals surface area (Å²) in [4.78, 5) is 43.9. The molecule has 3 fully saturated rings. The highest BCUT2D eigenvalue weighted by molar-refractivity contribution is 6.02. The van der Waals surface area contributed by atoms with E-state index >= 15 is 0 Å². The number of likely N-dealkylation sites (tertiary alicyclic amines) is 1. The van der Waals surface area contributed by atoms with Crippen LogP contribution < -0.4 is 15.4 Å². The van der Waals surface area contributed by atoms with Crippen molar-refractivity contribution in [1.29, 1.82) is 0 Å². The van der Waals surface area contributed by atoms with Crippen LogP contribution in [0.2, 0.25) is 0 Å².